The number of nitrogens with zero attached hydrogens (tertiary/aromatic N) is 2. The van der Waals surface area contributed by atoms with Gasteiger partial charge in [0.15, 0.2) is 5.17 Å². The lowest BCUT2D eigenvalue weighted by Gasteiger charge is -2.28. The Kier molecular flexibility index (Phi) is 5.37. The van der Waals surface area contributed by atoms with Crippen LogP contribution in [0.5, 0.6) is 0 Å². The van der Waals surface area contributed by atoms with Gasteiger partial charge in [0.1, 0.15) is 0 Å². The molecule has 104 valence electrons. The quantitative estimate of drug-likeness (QED) is 0.849. The molecule has 0 aromatic heterocycles. The van der Waals surface area contributed by atoms with Crippen molar-refractivity contribution in [2.45, 2.75) is 39.2 Å². The predicted molar refractivity (Wildman–Crippen MR) is 81.4 cm³/mol. The molecule has 2 aliphatic rings. The van der Waals surface area contributed by atoms with Gasteiger partial charge < -0.3 is 10.2 Å². The predicted octanol–water partition coefficient (Wildman–Crippen LogP) is 2.44. The SMILES string of the molecule is CC(C)CC1CSC(=NCC2CCCN(C)C2)N1. The van der Waals surface area contributed by atoms with Crippen LogP contribution in [0.3, 0.4) is 0 Å². The summed E-state index contributed by atoms with van der Waals surface area (Å²) in [6.45, 7) is 8.07. The summed E-state index contributed by atoms with van der Waals surface area (Å²) in [5.74, 6) is 2.74. The molecule has 0 aliphatic carbocycles. The summed E-state index contributed by atoms with van der Waals surface area (Å²) < 4.78 is 0. The molecule has 1 N–H and O–H groups in total. The van der Waals surface area contributed by atoms with E-state index < -0.39 is 0 Å². The van der Waals surface area contributed by atoms with Gasteiger partial charge in [0.2, 0.25) is 0 Å². The smallest absolute Gasteiger partial charge is 0.156 e. The summed E-state index contributed by atoms with van der Waals surface area (Å²) in [6, 6.07) is 0.641. The van der Waals surface area contributed by atoms with E-state index in [2.05, 4.69) is 31.1 Å². The maximum Gasteiger partial charge on any atom is 0.156 e. The summed E-state index contributed by atoms with van der Waals surface area (Å²) in [4.78, 5) is 7.22. The third-order valence-corrected chi connectivity index (χ3v) is 4.81. The maximum absolute atomic E-state index is 4.78. The van der Waals surface area contributed by atoms with Gasteiger partial charge in [0, 0.05) is 24.9 Å². The molecule has 0 saturated carbocycles. The Morgan fingerprint density at radius 1 is 1.50 bits per heavy atom. The summed E-state index contributed by atoms with van der Waals surface area (Å²) in [7, 11) is 2.22. The van der Waals surface area contributed by atoms with E-state index in [1.165, 1.54) is 43.3 Å². The average molecular weight is 269 g/mol. The number of likely N-dealkylation sites (tertiary alicyclic amines) is 1. The molecule has 0 aromatic rings. The first-order chi connectivity index (χ1) is 8.63. The van der Waals surface area contributed by atoms with Crippen LogP contribution in [0.15, 0.2) is 4.99 Å². The summed E-state index contributed by atoms with van der Waals surface area (Å²) >= 11 is 1.91. The monoisotopic (exact) mass is 269 g/mol. The lowest BCUT2D eigenvalue weighted by atomic mass is 9.99. The van der Waals surface area contributed by atoms with Gasteiger partial charge in [-0.15, -0.1) is 0 Å². The molecule has 0 aromatic carbocycles. The molecule has 2 fully saturated rings. The van der Waals surface area contributed by atoms with Crippen LogP contribution in [0.2, 0.25) is 0 Å². The molecule has 2 heterocycles. The molecule has 2 saturated heterocycles. The number of piperidine rings is 1. The van der Waals surface area contributed by atoms with E-state index in [9.17, 15) is 0 Å². The van der Waals surface area contributed by atoms with E-state index in [1.54, 1.807) is 0 Å². The molecule has 2 aliphatic heterocycles. The fourth-order valence-corrected chi connectivity index (χ4v) is 3.85. The normalized spacial score (nSPS) is 32.1. The highest BCUT2D eigenvalue weighted by atomic mass is 32.2. The van der Waals surface area contributed by atoms with Crippen molar-refractivity contribution in [3.8, 4) is 0 Å². The highest BCUT2D eigenvalue weighted by Crippen LogP contribution is 2.20. The Hall–Kier alpha value is -0.220. The maximum atomic E-state index is 4.78. The van der Waals surface area contributed by atoms with E-state index in [0.29, 0.717) is 6.04 Å². The van der Waals surface area contributed by atoms with Gasteiger partial charge in [-0.25, -0.2) is 0 Å². The molecule has 4 heteroatoms. The van der Waals surface area contributed by atoms with Gasteiger partial charge >= 0.3 is 0 Å². The van der Waals surface area contributed by atoms with Gasteiger partial charge in [-0.3, -0.25) is 4.99 Å². The number of hydrogen-bond acceptors (Lipinski definition) is 3. The van der Waals surface area contributed by atoms with Gasteiger partial charge in [0.05, 0.1) is 0 Å². The lowest BCUT2D eigenvalue weighted by molar-refractivity contribution is 0.214. The minimum atomic E-state index is 0.641. The second-order valence-electron chi connectivity index (χ2n) is 6.20. The van der Waals surface area contributed by atoms with E-state index in [-0.39, 0.29) is 0 Å². The zero-order chi connectivity index (χ0) is 13.0. The summed E-state index contributed by atoms with van der Waals surface area (Å²) in [5.41, 5.74) is 0. The first-order valence-electron chi connectivity index (χ1n) is 7.26. The Morgan fingerprint density at radius 2 is 2.33 bits per heavy atom. The van der Waals surface area contributed by atoms with Crippen molar-refractivity contribution in [3.05, 3.63) is 0 Å². The second kappa shape index (κ2) is 6.80. The van der Waals surface area contributed by atoms with Crippen LogP contribution < -0.4 is 5.32 Å². The van der Waals surface area contributed by atoms with Crippen molar-refractivity contribution in [1.82, 2.24) is 10.2 Å². The van der Waals surface area contributed by atoms with Crippen LogP contribution >= 0.6 is 11.8 Å². The molecule has 2 unspecified atom stereocenters. The standard InChI is InChI=1S/C14H27N3S/c1-11(2)7-13-10-18-14(16-13)15-8-12-5-4-6-17(3)9-12/h11-13H,4-10H2,1-3H3,(H,15,16). The zero-order valence-corrected chi connectivity index (χ0v) is 12.8. The van der Waals surface area contributed by atoms with Crippen molar-refractivity contribution in [3.63, 3.8) is 0 Å². The van der Waals surface area contributed by atoms with Gasteiger partial charge in [-0.05, 0) is 44.7 Å². The van der Waals surface area contributed by atoms with Crippen LogP contribution in [0.4, 0.5) is 0 Å². The Morgan fingerprint density at radius 3 is 3.06 bits per heavy atom. The first-order valence-corrected chi connectivity index (χ1v) is 8.24. The number of rotatable bonds is 4. The number of amidine groups is 1. The number of hydrogen-bond donors (Lipinski definition) is 1. The van der Waals surface area contributed by atoms with E-state index in [4.69, 9.17) is 4.99 Å². The Bertz CT molecular complexity index is 291. The fraction of sp³-hybridized carbons (Fsp3) is 0.929. The summed E-state index contributed by atoms with van der Waals surface area (Å²) in [6.07, 6.45) is 3.95. The molecule has 0 radical (unpaired) electrons. The molecule has 0 bridgehead atoms. The highest BCUT2D eigenvalue weighted by molar-refractivity contribution is 8.14. The van der Waals surface area contributed by atoms with Crippen molar-refractivity contribution >= 4 is 16.9 Å². The number of aliphatic imine (C=N–C) groups is 1. The molecule has 3 nitrogen and oxygen atoms in total. The minimum absolute atomic E-state index is 0.641. The second-order valence-corrected chi connectivity index (χ2v) is 7.21. The highest BCUT2D eigenvalue weighted by Gasteiger charge is 2.22. The van der Waals surface area contributed by atoms with Crippen molar-refractivity contribution in [2.75, 3.05) is 32.4 Å². The topological polar surface area (TPSA) is 27.6 Å². The fourth-order valence-electron chi connectivity index (χ4n) is 2.86. The van der Waals surface area contributed by atoms with Crippen LogP contribution in [0, 0.1) is 11.8 Å². The lowest BCUT2D eigenvalue weighted by Crippen LogP contribution is -2.34. The Labute approximate surface area is 116 Å². The van der Waals surface area contributed by atoms with E-state index >= 15 is 0 Å². The number of thioether (sulfide) groups is 1. The van der Waals surface area contributed by atoms with Crippen molar-refractivity contribution in [1.29, 1.82) is 0 Å². The first kappa shape index (κ1) is 14.2. The average Bonchev–Trinajstić information content (AvgIpc) is 2.73. The largest absolute Gasteiger partial charge is 0.361 e. The van der Waals surface area contributed by atoms with Crippen molar-refractivity contribution < 1.29 is 0 Å². The van der Waals surface area contributed by atoms with Crippen molar-refractivity contribution in [2.24, 2.45) is 16.8 Å². The van der Waals surface area contributed by atoms with Crippen LogP contribution in [-0.4, -0.2) is 48.5 Å². The van der Waals surface area contributed by atoms with Crippen LogP contribution in [0.1, 0.15) is 33.1 Å². The van der Waals surface area contributed by atoms with E-state index in [1.807, 2.05) is 11.8 Å². The van der Waals surface area contributed by atoms with Gasteiger partial charge in [-0.1, -0.05) is 25.6 Å². The van der Waals surface area contributed by atoms with E-state index in [0.717, 1.165) is 18.4 Å². The number of nitrogens with one attached hydrogen (secondary N) is 1. The Balaban J connectivity index is 1.73. The minimum Gasteiger partial charge on any atom is -0.361 e. The third-order valence-electron chi connectivity index (χ3n) is 3.72. The van der Waals surface area contributed by atoms with Gasteiger partial charge in [-0.2, -0.15) is 0 Å². The van der Waals surface area contributed by atoms with Crippen LogP contribution in [-0.2, 0) is 0 Å². The molecule has 0 amide bonds. The molecule has 0 spiro atoms. The molecule has 18 heavy (non-hydrogen) atoms. The molecule has 2 rings (SSSR count). The zero-order valence-electron chi connectivity index (χ0n) is 12.0. The molecular formula is C14H27N3S. The summed E-state index contributed by atoms with van der Waals surface area (Å²) in [5, 5.41) is 4.76. The van der Waals surface area contributed by atoms with Gasteiger partial charge in [0.25, 0.3) is 0 Å². The third kappa shape index (κ3) is 4.47. The molecule has 2 atom stereocenters. The van der Waals surface area contributed by atoms with Crippen LogP contribution in [0.25, 0.3) is 0 Å². The molecular weight excluding hydrogens is 242 g/mol.